The second-order valence-electron chi connectivity index (χ2n) is 19.3. The summed E-state index contributed by atoms with van der Waals surface area (Å²) in [6, 6.07) is 32.8. The molecule has 414 valence electrons. The van der Waals surface area contributed by atoms with Gasteiger partial charge in [-0.25, -0.2) is 0 Å². The maximum atomic E-state index is 13.1. The van der Waals surface area contributed by atoms with E-state index < -0.39 is 0 Å². The van der Waals surface area contributed by atoms with Crippen molar-refractivity contribution in [1.29, 1.82) is 0 Å². The minimum Gasteiger partial charge on any atom is -0.466 e. The number of hydrogen-bond donors (Lipinski definition) is 5. The first-order valence-electron chi connectivity index (χ1n) is 26.7. The number of hydrogen-bond acceptors (Lipinski definition) is 17. The van der Waals surface area contributed by atoms with Crippen molar-refractivity contribution in [2.75, 3.05) is 87.9 Å². The van der Waals surface area contributed by atoms with E-state index in [0.29, 0.717) is 58.7 Å². The normalized spacial score (nSPS) is 13.1. The number of aliphatic hydroxyl groups is 1. The van der Waals surface area contributed by atoms with Crippen LogP contribution in [0.5, 0.6) is 0 Å². The summed E-state index contributed by atoms with van der Waals surface area (Å²) in [4.78, 5) is 45.9. The van der Waals surface area contributed by atoms with Crippen LogP contribution in [-0.2, 0) is 33.3 Å². The predicted molar refractivity (Wildman–Crippen MR) is 315 cm³/mol. The molecule has 0 fully saturated rings. The van der Waals surface area contributed by atoms with E-state index in [1.807, 2.05) is 69.4 Å². The minimum atomic E-state index is -0.362. The van der Waals surface area contributed by atoms with Gasteiger partial charge in [-0.1, -0.05) is 70.9 Å². The van der Waals surface area contributed by atoms with E-state index in [0.717, 1.165) is 71.2 Å². The summed E-state index contributed by atoms with van der Waals surface area (Å²) in [6.07, 6.45) is 5.83. The monoisotopic (exact) mass is 1110 g/mol. The van der Waals surface area contributed by atoms with Crippen LogP contribution in [0.1, 0.15) is 112 Å². The van der Waals surface area contributed by atoms with Gasteiger partial charge in [-0.05, 0) is 174 Å². The lowest BCUT2D eigenvalue weighted by atomic mass is 9.75. The first-order valence-corrected chi connectivity index (χ1v) is 31.0. The molecule has 0 heterocycles. The molecular formula is C58H85N5O8S4. The molecule has 0 amide bonds. The molecule has 4 aromatic carbocycles. The lowest BCUT2D eigenvalue weighted by Gasteiger charge is -2.37. The molecular weight excluding hydrogens is 1020 g/mol. The third kappa shape index (κ3) is 24.8. The van der Waals surface area contributed by atoms with Crippen molar-refractivity contribution >= 4 is 83.8 Å². The maximum absolute atomic E-state index is 13.1. The Labute approximate surface area is 464 Å². The molecule has 0 bridgehead atoms. The van der Waals surface area contributed by atoms with Gasteiger partial charge in [0.1, 0.15) is 6.10 Å². The second kappa shape index (κ2) is 35.2. The van der Waals surface area contributed by atoms with Crippen LogP contribution < -0.4 is 21.7 Å². The molecule has 0 saturated carbocycles. The van der Waals surface area contributed by atoms with Crippen molar-refractivity contribution in [3.8, 4) is 0 Å². The van der Waals surface area contributed by atoms with Crippen LogP contribution in [0.2, 0.25) is 0 Å². The average Bonchev–Trinajstić information content (AvgIpc) is 3.41. The molecule has 3 atom stereocenters. The average molecular weight is 1110 g/mol. The number of nitrogen functional groups attached to an aromatic ring is 1. The molecule has 17 heteroatoms. The highest BCUT2D eigenvalue weighted by molar-refractivity contribution is 8.77. The third-order valence-electron chi connectivity index (χ3n) is 13.7. The first kappa shape index (κ1) is 63.3. The molecule has 4 aromatic rings. The Morgan fingerprint density at radius 3 is 1.65 bits per heavy atom. The van der Waals surface area contributed by atoms with Crippen molar-refractivity contribution in [1.82, 2.24) is 4.90 Å². The van der Waals surface area contributed by atoms with Gasteiger partial charge in [0.25, 0.3) is 0 Å². The Morgan fingerprint density at radius 2 is 1.13 bits per heavy atom. The molecule has 0 aliphatic carbocycles. The van der Waals surface area contributed by atoms with Crippen molar-refractivity contribution in [3.63, 3.8) is 0 Å². The number of nitrogens with one attached hydrogen (secondary N) is 3. The largest absolute Gasteiger partial charge is 0.466 e. The van der Waals surface area contributed by atoms with Crippen molar-refractivity contribution in [2.24, 2.45) is 10.8 Å². The first-order chi connectivity index (χ1) is 36.2. The van der Waals surface area contributed by atoms with E-state index in [4.69, 9.17) is 24.7 Å². The number of carbonyl (C=O) groups is 3. The number of carbonyl (C=O) groups excluding carboxylic acids is 3. The topological polar surface area (TPSA) is 174 Å². The standard InChI is InChI=1S/C58H85N5O8S4/c1-8-57(6,43-68-40-13-34-61-48-18-26-52(27-19-48)75-73-51-24-16-47(60-7)17-25-51)42-44(4)70-56(67)32-38-63(36-11-12-39-64)37-31-54(65)69-41-33-58(9-2,10-3)45(5)71-55(66)30-35-62-49-20-28-53(29-21-49)74-72-50-22-14-46(59)15-23-50/h14-29,44-45,60-62,64H,8-13,30-43,59H2,1-7H3. The van der Waals surface area contributed by atoms with Gasteiger partial charge in [0.15, 0.2) is 0 Å². The number of ether oxygens (including phenoxy) is 4. The Kier molecular flexibility index (Phi) is 29.7. The smallest absolute Gasteiger partial charge is 0.307 e. The van der Waals surface area contributed by atoms with Crippen LogP contribution in [0.4, 0.5) is 22.7 Å². The highest BCUT2D eigenvalue weighted by Crippen LogP contribution is 2.40. The lowest BCUT2D eigenvalue weighted by molar-refractivity contribution is -0.158. The molecule has 4 rings (SSSR count). The number of rotatable bonds is 39. The Bertz CT molecular complexity index is 2220. The number of nitrogens with two attached hydrogens (primary N) is 1. The molecule has 0 aliphatic rings. The Hall–Kier alpha value is -4.23. The van der Waals surface area contributed by atoms with Gasteiger partial charge in [-0.2, -0.15) is 0 Å². The van der Waals surface area contributed by atoms with E-state index in [1.54, 1.807) is 43.2 Å². The molecule has 3 unspecified atom stereocenters. The number of aliphatic hydroxyl groups excluding tert-OH is 1. The molecule has 0 spiro atoms. The Morgan fingerprint density at radius 1 is 0.627 bits per heavy atom. The fraction of sp³-hybridized carbons (Fsp3) is 0.534. The summed E-state index contributed by atoms with van der Waals surface area (Å²) < 4.78 is 23.8. The lowest BCUT2D eigenvalue weighted by Crippen LogP contribution is -2.37. The zero-order valence-corrected chi connectivity index (χ0v) is 48.8. The van der Waals surface area contributed by atoms with E-state index in [2.05, 4.69) is 97.1 Å². The summed E-state index contributed by atoms with van der Waals surface area (Å²) >= 11 is 0. The van der Waals surface area contributed by atoms with Crippen molar-refractivity contribution < 1.29 is 38.4 Å². The van der Waals surface area contributed by atoms with Gasteiger partial charge in [0.05, 0.1) is 38.6 Å². The summed E-state index contributed by atoms with van der Waals surface area (Å²) in [5.74, 6) is -0.872. The zero-order chi connectivity index (χ0) is 54.3. The van der Waals surface area contributed by atoms with Crippen molar-refractivity contribution in [3.05, 3.63) is 97.1 Å². The number of benzene rings is 4. The summed E-state index contributed by atoms with van der Waals surface area (Å²) in [7, 11) is 8.75. The van der Waals surface area contributed by atoms with Crippen LogP contribution in [0.15, 0.2) is 117 Å². The fourth-order valence-corrected chi connectivity index (χ4v) is 12.4. The van der Waals surface area contributed by atoms with Crippen molar-refractivity contribution in [2.45, 2.75) is 144 Å². The number of anilines is 4. The van der Waals surface area contributed by atoms with Crippen LogP contribution in [0, 0.1) is 10.8 Å². The number of nitrogens with zero attached hydrogens (tertiary/aromatic N) is 1. The summed E-state index contributed by atoms with van der Waals surface area (Å²) in [5, 5.41) is 19.4. The van der Waals surface area contributed by atoms with E-state index >= 15 is 0 Å². The summed E-state index contributed by atoms with van der Waals surface area (Å²) in [6.45, 7) is 16.6. The zero-order valence-electron chi connectivity index (χ0n) is 45.5. The van der Waals surface area contributed by atoms with Gasteiger partial charge >= 0.3 is 17.9 Å². The number of esters is 3. The van der Waals surface area contributed by atoms with Gasteiger partial charge in [-0.3, -0.25) is 14.4 Å². The minimum absolute atomic E-state index is 0.0797. The molecule has 0 radical (unpaired) electrons. The molecule has 75 heavy (non-hydrogen) atoms. The van der Waals surface area contributed by atoms with Crippen LogP contribution >= 0.6 is 43.2 Å². The van der Waals surface area contributed by atoms with Gasteiger partial charge < -0.3 is 50.6 Å². The van der Waals surface area contributed by atoms with Gasteiger partial charge in [0, 0.05) is 94.2 Å². The van der Waals surface area contributed by atoms with Crippen LogP contribution in [0.3, 0.4) is 0 Å². The second-order valence-corrected chi connectivity index (χ2v) is 23.9. The van der Waals surface area contributed by atoms with E-state index in [9.17, 15) is 19.5 Å². The highest BCUT2D eigenvalue weighted by atomic mass is 33.1. The highest BCUT2D eigenvalue weighted by Gasteiger charge is 2.36. The van der Waals surface area contributed by atoms with Crippen LogP contribution in [-0.4, -0.2) is 106 Å². The van der Waals surface area contributed by atoms with Crippen LogP contribution in [0.25, 0.3) is 0 Å². The van der Waals surface area contributed by atoms with E-state index in [-0.39, 0.29) is 73.4 Å². The quantitative estimate of drug-likeness (QED) is 0.00938. The Balaban J connectivity index is 1.09. The van der Waals surface area contributed by atoms with E-state index in [1.165, 1.54) is 9.79 Å². The molecule has 6 N–H and O–H groups in total. The number of unbranched alkanes of at least 4 members (excludes halogenated alkanes) is 1. The summed E-state index contributed by atoms with van der Waals surface area (Å²) in [5.41, 5.74) is 9.16. The van der Waals surface area contributed by atoms with Gasteiger partial charge in [-0.15, -0.1) is 0 Å². The van der Waals surface area contributed by atoms with Gasteiger partial charge in [0.2, 0.25) is 0 Å². The predicted octanol–water partition coefficient (Wildman–Crippen LogP) is 13.5. The molecule has 13 nitrogen and oxygen atoms in total. The molecule has 0 aromatic heterocycles. The third-order valence-corrected chi connectivity index (χ3v) is 18.5. The SMILES string of the molecule is CCC(C)(COCCCNc1ccc(SSc2ccc(NC)cc2)cc1)CC(C)OC(=O)CCN(CCCCO)CCC(=O)OCCC(CC)(CC)C(C)OC(=O)CCNc1ccc(SSc2ccc(N)cc2)cc1. The fourth-order valence-electron chi connectivity index (χ4n) is 8.49. The molecule has 0 aliphatic heterocycles. The maximum Gasteiger partial charge on any atom is 0.307 e. The molecule has 0 saturated heterocycles.